The number of carbonyl (C=O) groups is 2. The molecule has 0 bridgehead atoms. The Morgan fingerprint density at radius 2 is 1.56 bits per heavy atom. The molecule has 1 heterocycles. The second-order valence-corrected chi connectivity index (χ2v) is 8.18. The van der Waals surface area contributed by atoms with Crippen molar-refractivity contribution in [2.75, 3.05) is 7.11 Å². The molecule has 0 N–H and O–H groups in total. The molecule has 4 rings (SSSR count). The molecule has 0 aromatic heterocycles. The number of carbonyl (C=O) groups excluding carboxylic acids is 2. The van der Waals surface area contributed by atoms with Gasteiger partial charge in [-0.1, -0.05) is 72.3 Å². The Labute approximate surface area is 199 Å². The lowest BCUT2D eigenvalue weighted by Crippen LogP contribution is -2.44. The summed E-state index contributed by atoms with van der Waals surface area (Å²) >= 11 is 0. The average molecular weight is 454 g/mol. The van der Waals surface area contributed by atoms with Gasteiger partial charge in [-0.15, -0.1) is 0 Å². The molecule has 5 nitrogen and oxygen atoms in total. The zero-order chi connectivity index (χ0) is 24.3. The highest BCUT2D eigenvalue weighted by Gasteiger charge is 2.52. The van der Waals surface area contributed by atoms with E-state index in [2.05, 4.69) is 29.0 Å². The molecular formula is C29H27NO4. The average Bonchev–Trinajstić information content (AvgIpc) is 3.13. The van der Waals surface area contributed by atoms with E-state index in [4.69, 9.17) is 4.74 Å². The van der Waals surface area contributed by atoms with E-state index in [1.807, 2.05) is 80.3 Å². The fourth-order valence-corrected chi connectivity index (χ4v) is 4.55. The van der Waals surface area contributed by atoms with Crippen LogP contribution in [0, 0.1) is 6.92 Å². The first-order valence-corrected chi connectivity index (χ1v) is 11.1. The Balaban J connectivity index is 2.02. The van der Waals surface area contributed by atoms with Gasteiger partial charge in [0, 0.05) is 11.3 Å². The monoisotopic (exact) mass is 453 g/mol. The first kappa shape index (κ1) is 23.1. The van der Waals surface area contributed by atoms with Crippen LogP contribution in [0.5, 0.6) is 5.75 Å². The maximum atomic E-state index is 13.9. The molecule has 1 aliphatic rings. The molecule has 5 heteroatoms. The molecule has 0 spiro atoms. The van der Waals surface area contributed by atoms with Crippen molar-refractivity contribution < 1.29 is 19.1 Å². The first-order valence-electron chi connectivity index (χ1n) is 11.1. The lowest BCUT2D eigenvalue weighted by Gasteiger charge is -2.41. The summed E-state index contributed by atoms with van der Waals surface area (Å²) in [6.45, 7) is 5.93. The number of allylic oxidation sites excluding steroid dienone is 4. The van der Waals surface area contributed by atoms with Crippen LogP contribution in [0.1, 0.15) is 46.5 Å². The zero-order valence-corrected chi connectivity index (χ0v) is 19.7. The molecule has 34 heavy (non-hydrogen) atoms. The normalized spacial score (nSPS) is 17.7. The fourth-order valence-electron chi connectivity index (χ4n) is 4.55. The molecule has 3 aromatic carbocycles. The molecule has 172 valence electrons. The standard InChI is InChI=1S/C29H27NO4/c1-5-6-9-21(3)30-27(31)25-10-7-8-11-26(25)29(30,22-14-12-20(2)13-15-22)23-16-18-24(19-17-23)34-28(32)33-4/h5-19H,1-4H3/b6-5-,21-9+. The predicted octanol–water partition coefficient (Wildman–Crippen LogP) is 6.37. The van der Waals surface area contributed by atoms with Gasteiger partial charge in [-0.05, 0) is 61.7 Å². The van der Waals surface area contributed by atoms with Gasteiger partial charge in [-0.2, -0.15) is 0 Å². The summed E-state index contributed by atoms with van der Waals surface area (Å²) in [5.41, 5.74) is 4.45. The highest BCUT2D eigenvalue weighted by atomic mass is 16.7. The van der Waals surface area contributed by atoms with E-state index in [9.17, 15) is 9.59 Å². The second-order valence-electron chi connectivity index (χ2n) is 8.18. The van der Waals surface area contributed by atoms with Gasteiger partial charge in [0.2, 0.25) is 0 Å². The third-order valence-electron chi connectivity index (χ3n) is 6.08. The van der Waals surface area contributed by atoms with Crippen LogP contribution >= 0.6 is 0 Å². The Morgan fingerprint density at radius 1 is 0.941 bits per heavy atom. The summed E-state index contributed by atoms with van der Waals surface area (Å²) in [6, 6.07) is 23.2. The number of amides is 1. The van der Waals surface area contributed by atoms with Crippen LogP contribution in [0.25, 0.3) is 0 Å². The van der Waals surface area contributed by atoms with Crippen LogP contribution in [0.15, 0.2) is 96.7 Å². The Kier molecular flexibility index (Phi) is 6.37. The van der Waals surface area contributed by atoms with Gasteiger partial charge in [-0.3, -0.25) is 9.69 Å². The van der Waals surface area contributed by atoms with Crippen LogP contribution in [0.2, 0.25) is 0 Å². The van der Waals surface area contributed by atoms with E-state index in [1.165, 1.54) is 7.11 Å². The molecule has 0 radical (unpaired) electrons. The maximum absolute atomic E-state index is 13.9. The Morgan fingerprint density at radius 3 is 2.18 bits per heavy atom. The van der Waals surface area contributed by atoms with Gasteiger partial charge in [-0.25, -0.2) is 4.79 Å². The van der Waals surface area contributed by atoms with Crippen molar-refractivity contribution in [1.29, 1.82) is 0 Å². The second kappa shape index (κ2) is 9.40. The van der Waals surface area contributed by atoms with Crippen molar-refractivity contribution in [2.45, 2.75) is 26.3 Å². The van der Waals surface area contributed by atoms with Crippen molar-refractivity contribution in [1.82, 2.24) is 4.90 Å². The van der Waals surface area contributed by atoms with Crippen molar-refractivity contribution in [3.63, 3.8) is 0 Å². The number of benzene rings is 3. The highest BCUT2D eigenvalue weighted by Crippen LogP contribution is 2.50. The summed E-state index contributed by atoms with van der Waals surface area (Å²) < 4.78 is 9.79. The summed E-state index contributed by atoms with van der Waals surface area (Å²) in [6.07, 6.45) is 5.03. The highest BCUT2D eigenvalue weighted by molar-refractivity contribution is 6.02. The van der Waals surface area contributed by atoms with E-state index >= 15 is 0 Å². The van der Waals surface area contributed by atoms with Gasteiger partial charge < -0.3 is 9.47 Å². The maximum Gasteiger partial charge on any atom is 0.513 e. The topological polar surface area (TPSA) is 55.8 Å². The number of fused-ring (bicyclic) bond motifs is 1. The molecule has 0 saturated carbocycles. The molecule has 0 fully saturated rings. The van der Waals surface area contributed by atoms with Crippen LogP contribution in [0.3, 0.4) is 0 Å². The van der Waals surface area contributed by atoms with E-state index < -0.39 is 11.7 Å². The number of aryl methyl sites for hydroxylation is 1. The lowest BCUT2D eigenvalue weighted by molar-refractivity contribution is 0.0752. The summed E-state index contributed by atoms with van der Waals surface area (Å²) in [5, 5.41) is 0. The van der Waals surface area contributed by atoms with Crippen molar-refractivity contribution in [2.24, 2.45) is 0 Å². The van der Waals surface area contributed by atoms with Crippen LogP contribution in [-0.4, -0.2) is 24.1 Å². The van der Waals surface area contributed by atoms with Gasteiger partial charge in [0.05, 0.1) is 7.11 Å². The Hall–Kier alpha value is -4.12. The first-order chi connectivity index (χ1) is 16.4. The number of hydrogen-bond donors (Lipinski definition) is 0. The molecule has 0 saturated heterocycles. The molecule has 1 unspecified atom stereocenters. The van der Waals surface area contributed by atoms with Crippen LogP contribution in [-0.2, 0) is 10.3 Å². The number of rotatable bonds is 5. The summed E-state index contributed by atoms with van der Waals surface area (Å²) in [7, 11) is 1.27. The van der Waals surface area contributed by atoms with Gasteiger partial charge in [0.1, 0.15) is 11.3 Å². The number of hydrogen-bond acceptors (Lipinski definition) is 4. The minimum atomic E-state index is -0.895. The van der Waals surface area contributed by atoms with E-state index in [0.29, 0.717) is 11.3 Å². The number of ether oxygens (including phenoxy) is 2. The molecule has 3 aromatic rings. The van der Waals surface area contributed by atoms with E-state index in [1.54, 1.807) is 12.1 Å². The SMILES string of the molecule is C/C=C\C=C(/C)N1C(=O)c2ccccc2C1(c1ccc(C)cc1)c1ccc(OC(=O)OC)cc1. The summed E-state index contributed by atoms with van der Waals surface area (Å²) in [5.74, 6) is 0.296. The lowest BCUT2D eigenvalue weighted by atomic mass is 9.76. The van der Waals surface area contributed by atoms with Crippen molar-refractivity contribution in [3.8, 4) is 5.75 Å². The molecule has 0 aliphatic carbocycles. The van der Waals surface area contributed by atoms with Gasteiger partial charge >= 0.3 is 6.16 Å². The fraction of sp³-hybridized carbons (Fsp3) is 0.172. The molecule has 1 atom stereocenters. The third kappa shape index (κ3) is 3.79. The predicted molar refractivity (Wildman–Crippen MR) is 132 cm³/mol. The van der Waals surface area contributed by atoms with E-state index in [0.717, 1.165) is 28.0 Å². The Bertz CT molecular complexity index is 1270. The molecular weight excluding hydrogens is 426 g/mol. The zero-order valence-electron chi connectivity index (χ0n) is 19.7. The number of nitrogens with zero attached hydrogens (tertiary/aromatic N) is 1. The minimum Gasteiger partial charge on any atom is -0.437 e. The molecule has 1 aliphatic heterocycles. The summed E-state index contributed by atoms with van der Waals surface area (Å²) in [4.78, 5) is 27.3. The molecule has 1 amide bonds. The minimum absolute atomic E-state index is 0.0654. The van der Waals surface area contributed by atoms with Crippen molar-refractivity contribution in [3.05, 3.63) is 125 Å². The van der Waals surface area contributed by atoms with Crippen LogP contribution < -0.4 is 4.74 Å². The van der Waals surface area contributed by atoms with Crippen LogP contribution in [0.4, 0.5) is 4.79 Å². The largest absolute Gasteiger partial charge is 0.513 e. The van der Waals surface area contributed by atoms with E-state index in [-0.39, 0.29) is 5.91 Å². The quantitative estimate of drug-likeness (QED) is 0.256. The van der Waals surface area contributed by atoms with Gasteiger partial charge in [0.15, 0.2) is 0 Å². The number of methoxy groups -OCH3 is 1. The van der Waals surface area contributed by atoms with Gasteiger partial charge in [0.25, 0.3) is 5.91 Å². The third-order valence-corrected chi connectivity index (χ3v) is 6.08. The smallest absolute Gasteiger partial charge is 0.437 e. The van der Waals surface area contributed by atoms with Crippen molar-refractivity contribution >= 4 is 12.1 Å².